The molecule has 2 saturated heterocycles. The molecule has 1 aromatic heterocycles. The van der Waals surface area contributed by atoms with Crippen molar-refractivity contribution in [3.63, 3.8) is 0 Å². The molecule has 2 aliphatic heterocycles. The number of hydrogen-bond donors (Lipinski definition) is 0. The summed E-state index contributed by atoms with van der Waals surface area (Å²) in [7, 11) is -3.40. The number of piperidine rings is 2. The maximum atomic E-state index is 13.3. The van der Waals surface area contributed by atoms with Crippen molar-refractivity contribution in [2.24, 2.45) is 0 Å². The second-order valence-corrected chi connectivity index (χ2v) is 11.2. The second kappa shape index (κ2) is 9.49. The molecule has 2 fully saturated rings. The van der Waals surface area contributed by atoms with Crippen LogP contribution in [0.2, 0.25) is 0 Å². The van der Waals surface area contributed by atoms with Gasteiger partial charge in [-0.05, 0) is 86.8 Å². The van der Waals surface area contributed by atoms with Gasteiger partial charge in [-0.1, -0.05) is 6.07 Å². The number of benzene rings is 1. The largest absolute Gasteiger partial charge is 0.490 e. The summed E-state index contributed by atoms with van der Waals surface area (Å²) in [5, 5.41) is 0. The highest BCUT2D eigenvalue weighted by atomic mass is 32.2. The molecule has 6 nitrogen and oxygen atoms in total. The van der Waals surface area contributed by atoms with Gasteiger partial charge >= 0.3 is 0 Å². The molecule has 32 heavy (non-hydrogen) atoms. The van der Waals surface area contributed by atoms with E-state index in [0.29, 0.717) is 24.0 Å². The maximum absolute atomic E-state index is 13.3. The molecular formula is C25H33N3O3S. The molecule has 0 saturated carbocycles. The number of rotatable bonds is 5. The summed E-state index contributed by atoms with van der Waals surface area (Å²) in [5.74, 6) is 0.888. The SMILES string of the molecule is O=S(=O)(c1ccc2c(c1)CCCC2)N1CCC(N2CCC(Oc3ccncc3)CC2)CC1. The Morgan fingerprint density at radius 3 is 2.25 bits per heavy atom. The number of fused-ring (bicyclic) bond motifs is 1. The molecule has 0 unspecified atom stereocenters. The Balaban J connectivity index is 1.14. The summed E-state index contributed by atoms with van der Waals surface area (Å²) in [6.07, 6.45) is 12.0. The van der Waals surface area contributed by atoms with E-state index in [1.54, 1.807) is 16.7 Å². The number of hydrogen-bond acceptors (Lipinski definition) is 5. The van der Waals surface area contributed by atoms with Crippen molar-refractivity contribution in [2.45, 2.75) is 68.4 Å². The van der Waals surface area contributed by atoms with Gasteiger partial charge in [0.15, 0.2) is 0 Å². The van der Waals surface area contributed by atoms with Crippen molar-refractivity contribution in [2.75, 3.05) is 26.2 Å². The van der Waals surface area contributed by atoms with Crippen LogP contribution in [-0.4, -0.2) is 60.9 Å². The second-order valence-electron chi connectivity index (χ2n) is 9.31. The molecule has 0 spiro atoms. The molecule has 5 rings (SSSR count). The third-order valence-electron chi connectivity index (χ3n) is 7.33. The van der Waals surface area contributed by atoms with Gasteiger partial charge in [0, 0.05) is 44.6 Å². The molecule has 3 heterocycles. The van der Waals surface area contributed by atoms with Crippen molar-refractivity contribution in [1.82, 2.24) is 14.2 Å². The van der Waals surface area contributed by atoms with E-state index in [0.717, 1.165) is 63.8 Å². The maximum Gasteiger partial charge on any atom is 0.243 e. The van der Waals surface area contributed by atoms with Gasteiger partial charge in [0.1, 0.15) is 11.9 Å². The molecule has 1 aliphatic carbocycles. The summed E-state index contributed by atoms with van der Waals surface area (Å²) in [6, 6.07) is 10.1. The fraction of sp³-hybridized carbons (Fsp3) is 0.560. The summed E-state index contributed by atoms with van der Waals surface area (Å²) in [4.78, 5) is 7.05. The lowest BCUT2D eigenvalue weighted by Crippen LogP contribution is -2.50. The van der Waals surface area contributed by atoms with Gasteiger partial charge < -0.3 is 9.64 Å². The Hall–Kier alpha value is -1.96. The monoisotopic (exact) mass is 455 g/mol. The number of aryl methyl sites for hydroxylation is 2. The van der Waals surface area contributed by atoms with Gasteiger partial charge in [0.2, 0.25) is 10.0 Å². The predicted octanol–water partition coefficient (Wildman–Crippen LogP) is 3.66. The quantitative estimate of drug-likeness (QED) is 0.689. The highest BCUT2D eigenvalue weighted by Gasteiger charge is 2.33. The summed E-state index contributed by atoms with van der Waals surface area (Å²) in [5.41, 5.74) is 2.55. The number of aromatic nitrogens is 1. The third-order valence-corrected chi connectivity index (χ3v) is 9.22. The summed E-state index contributed by atoms with van der Waals surface area (Å²) >= 11 is 0. The fourth-order valence-corrected chi connectivity index (χ4v) is 6.96. The van der Waals surface area contributed by atoms with E-state index in [4.69, 9.17) is 4.74 Å². The smallest absolute Gasteiger partial charge is 0.243 e. The molecule has 0 N–H and O–H groups in total. The van der Waals surface area contributed by atoms with E-state index in [2.05, 4.69) is 9.88 Å². The Morgan fingerprint density at radius 1 is 0.844 bits per heavy atom. The van der Waals surface area contributed by atoms with Crippen LogP contribution in [0.3, 0.4) is 0 Å². The average molecular weight is 456 g/mol. The molecule has 0 bridgehead atoms. The van der Waals surface area contributed by atoms with Crippen LogP contribution >= 0.6 is 0 Å². The molecule has 0 atom stereocenters. The van der Waals surface area contributed by atoms with E-state index in [-0.39, 0.29) is 6.10 Å². The number of pyridine rings is 1. The minimum absolute atomic E-state index is 0.248. The van der Waals surface area contributed by atoms with Crippen molar-refractivity contribution >= 4 is 10.0 Å². The zero-order valence-corrected chi connectivity index (χ0v) is 19.5. The predicted molar refractivity (Wildman–Crippen MR) is 124 cm³/mol. The van der Waals surface area contributed by atoms with E-state index in [9.17, 15) is 8.42 Å². The topological polar surface area (TPSA) is 62.7 Å². The van der Waals surface area contributed by atoms with Crippen LogP contribution in [-0.2, 0) is 22.9 Å². The van der Waals surface area contributed by atoms with Gasteiger partial charge in [0.25, 0.3) is 0 Å². The zero-order valence-electron chi connectivity index (χ0n) is 18.7. The minimum Gasteiger partial charge on any atom is -0.490 e. The van der Waals surface area contributed by atoms with Crippen molar-refractivity contribution in [3.05, 3.63) is 53.9 Å². The first-order chi connectivity index (χ1) is 15.6. The number of nitrogens with zero attached hydrogens (tertiary/aromatic N) is 3. The highest BCUT2D eigenvalue weighted by Crippen LogP contribution is 2.29. The summed E-state index contributed by atoms with van der Waals surface area (Å²) < 4.78 is 34.3. The van der Waals surface area contributed by atoms with Crippen molar-refractivity contribution in [3.8, 4) is 5.75 Å². The van der Waals surface area contributed by atoms with E-state index >= 15 is 0 Å². The van der Waals surface area contributed by atoms with Gasteiger partial charge in [-0.15, -0.1) is 0 Å². The van der Waals surface area contributed by atoms with Crippen LogP contribution in [0, 0.1) is 0 Å². The standard InChI is InChI=1S/C25H33N3O3S/c29-32(30,25-6-5-20-3-1-2-4-21(20)19-25)28-17-9-22(10-18-28)27-15-11-24(12-16-27)31-23-7-13-26-14-8-23/h5-8,13-14,19,22,24H,1-4,9-12,15-18H2. The first-order valence-electron chi connectivity index (χ1n) is 12.0. The number of likely N-dealkylation sites (tertiary alicyclic amines) is 1. The molecule has 1 aromatic carbocycles. The Morgan fingerprint density at radius 2 is 1.53 bits per heavy atom. The van der Waals surface area contributed by atoms with Gasteiger partial charge in [-0.25, -0.2) is 8.42 Å². The van der Waals surface area contributed by atoms with Crippen LogP contribution in [0.15, 0.2) is 47.6 Å². The molecular weight excluding hydrogens is 422 g/mol. The molecule has 7 heteroatoms. The van der Waals surface area contributed by atoms with Crippen LogP contribution in [0.4, 0.5) is 0 Å². The lowest BCUT2D eigenvalue weighted by atomic mass is 9.92. The Kier molecular flexibility index (Phi) is 6.49. The van der Waals surface area contributed by atoms with E-state index < -0.39 is 10.0 Å². The molecule has 3 aliphatic rings. The van der Waals surface area contributed by atoms with Gasteiger partial charge in [0.05, 0.1) is 4.90 Å². The van der Waals surface area contributed by atoms with Crippen molar-refractivity contribution < 1.29 is 13.2 Å². The lowest BCUT2D eigenvalue weighted by Gasteiger charge is -2.41. The number of ether oxygens (including phenoxy) is 1. The van der Waals surface area contributed by atoms with E-state index in [1.807, 2.05) is 30.3 Å². The minimum atomic E-state index is -3.40. The zero-order chi connectivity index (χ0) is 22.0. The van der Waals surface area contributed by atoms with Crippen LogP contribution in [0.1, 0.15) is 49.7 Å². The molecule has 172 valence electrons. The molecule has 0 amide bonds. The van der Waals surface area contributed by atoms with Crippen molar-refractivity contribution in [1.29, 1.82) is 0 Å². The molecule has 2 aromatic rings. The van der Waals surface area contributed by atoms with Gasteiger partial charge in [-0.2, -0.15) is 4.31 Å². The number of sulfonamides is 1. The summed E-state index contributed by atoms with van der Waals surface area (Å²) in [6.45, 7) is 3.24. The fourth-order valence-electron chi connectivity index (χ4n) is 5.44. The van der Waals surface area contributed by atoms with Crippen LogP contribution in [0.5, 0.6) is 5.75 Å². The molecule has 0 radical (unpaired) electrons. The third kappa shape index (κ3) is 4.70. The Bertz CT molecular complexity index is 1010. The first-order valence-corrected chi connectivity index (χ1v) is 13.5. The van der Waals surface area contributed by atoms with Gasteiger partial charge in [-0.3, -0.25) is 4.98 Å². The normalized spacial score (nSPS) is 21.9. The first kappa shape index (κ1) is 21.9. The average Bonchev–Trinajstić information content (AvgIpc) is 2.85. The highest BCUT2D eigenvalue weighted by molar-refractivity contribution is 7.89. The lowest BCUT2D eigenvalue weighted by molar-refractivity contribution is 0.0585. The van der Waals surface area contributed by atoms with Crippen LogP contribution in [0.25, 0.3) is 0 Å². The Labute approximate surface area is 191 Å². The van der Waals surface area contributed by atoms with E-state index in [1.165, 1.54) is 17.5 Å². The van der Waals surface area contributed by atoms with Crippen LogP contribution < -0.4 is 4.74 Å².